The Balaban J connectivity index is 2.10. The molecule has 3 nitrogen and oxygen atoms in total. The summed E-state index contributed by atoms with van der Waals surface area (Å²) < 4.78 is 32.7. The monoisotopic (exact) mass is 395 g/mol. The third-order valence-corrected chi connectivity index (χ3v) is 3.89. The molecule has 0 bridgehead atoms. The smallest absolute Gasteiger partial charge is 0.246 e. The van der Waals surface area contributed by atoms with Crippen LogP contribution in [0.5, 0.6) is 5.75 Å². The first kappa shape index (κ1) is 18.1. The van der Waals surface area contributed by atoms with E-state index in [-0.39, 0.29) is 18.0 Å². The Labute approximate surface area is 147 Å². The molecule has 0 aromatic heterocycles. The zero-order valence-corrected chi connectivity index (χ0v) is 14.8. The second kappa shape index (κ2) is 8.06. The maximum Gasteiger partial charge on any atom is 0.246 e. The molecule has 1 amide bonds. The number of nitrogens with zero attached hydrogens (tertiary/aromatic N) is 1. The number of hydrogen-bond acceptors (Lipinski definition) is 2. The number of methoxy groups -OCH3 is 1. The highest BCUT2D eigenvalue weighted by molar-refractivity contribution is 9.10. The van der Waals surface area contributed by atoms with Crippen LogP contribution in [0.15, 0.2) is 46.9 Å². The normalized spacial score (nSPS) is 10.9. The van der Waals surface area contributed by atoms with E-state index in [1.54, 1.807) is 26.3 Å². The van der Waals surface area contributed by atoms with Gasteiger partial charge < -0.3 is 9.64 Å². The van der Waals surface area contributed by atoms with E-state index in [1.165, 1.54) is 23.1 Å². The molecule has 0 aliphatic rings. The van der Waals surface area contributed by atoms with Crippen LogP contribution in [0.3, 0.4) is 0 Å². The van der Waals surface area contributed by atoms with E-state index in [4.69, 9.17) is 4.74 Å². The molecule has 126 valence electrons. The number of halogens is 3. The number of rotatable bonds is 5. The molecular weight excluding hydrogens is 380 g/mol. The Kier molecular flexibility index (Phi) is 6.09. The van der Waals surface area contributed by atoms with Crippen molar-refractivity contribution in [2.75, 3.05) is 14.2 Å². The van der Waals surface area contributed by atoms with E-state index < -0.39 is 11.6 Å². The van der Waals surface area contributed by atoms with Crippen LogP contribution in [0.25, 0.3) is 6.08 Å². The molecule has 0 saturated carbocycles. The number of carbonyl (C=O) groups excluding carboxylic acids is 1. The first-order chi connectivity index (χ1) is 11.4. The average Bonchev–Trinajstić information content (AvgIpc) is 2.55. The maximum absolute atomic E-state index is 13.7. The molecular formula is C18H16BrF2NO2. The molecule has 0 fully saturated rings. The van der Waals surface area contributed by atoms with Crippen molar-refractivity contribution in [3.63, 3.8) is 0 Å². The highest BCUT2D eigenvalue weighted by Crippen LogP contribution is 2.24. The quantitative estimate of drug-likeness (QED) is 0.701. The van der Waals surface area contributed by atoms with E-state index in [2.05, 4.69) is 15.9 Å². The highest BCUT2D eigenvalue weighted by atomic mass is 79.9. The molecule has 0 heterocycles. The maximum atomic E-state index is 13.7. The highest BCUT2D eigenvalue weighted by Gasteiger charge is 2.10. The molecule has 0 unspecified atom stereocenters. The number of likely N-dealkylation sites (N-methyl/N-ethyl adjacent to an activating group) is 1. The lowest BCUT2D eigenvalue weighted by Crippen LogP contribution is -2.24. The van der Waals surface area contributed by atoms with Gasteiger partial charge in [0.15, 0.2) is 0 Å². The summed E-state index contributed by atoms with van der Waals surface area (Å²) in [6.45, 7) is 0.0465. The molecule has 0 radical (unpaired) electrons. The second-order valence-corrected chi connectivity index (χ2v) is 6.07. The van der Waals surface area contributed by atoms with Crippen LogP contribution in [0.4, 0.5) is 8.78 Å². The minimum Gasteiger partial charge on any atom is -0.496 e. The van der Waals surface area contributed by atoms with Gasteiger partial charge >= 0.3 is 0 Å². The van der Waals surface area contributed by atoms with Crippen LogP contribution in [0.1, 0.15) is 11.1 Å². The molecule has 2 aromatic rings. The summed E-state index contributed by atoms with van der Waals surface area (Å²) in [5.41, 5.74) is 0.988. The van der Waals surface area contributed by atoms with Crippen molar-refractivity contribution in [2.24, 2.45) is 0 Å². The lowest BCUT2D eigenvalue weighted by atomic mass is 10.1. The van der Waals surface area contributed by atoms with Gasteiger partial charge in [-0.3, -0.25) is 4.79 Å². The van der Waals surface area contributed by atoms with Crippen molar-refractivity contribution in [1.82, 2.24) is 4.90 Å². The molecule has 6 heteroatoms. The fourth-order valence-electron chi connectivity index (χ4n) is 2.11. The first-order valence-electron chi connectivity index (χ1n) is 7.11. The van der Waals surface area contributed by atoms with Crippen LogP contribution >= 0.6 is 15.9 Å². The van der Waals surface area contributed by atoms with E-state index in [0.717, 1.165) is 16.1 Å². The SMILES string of the molecule is COc1ccc(Br)cc1/C=C/C(=O)N(C)Cc1ccc(F)cc1F. The summed E-state index contributed by atoms with van der Waals surface area (Å²) >= 11 is 3.36. The van der Waals surface area contributed by atoms with Crippen molar-refractivity contribution in [2.45, 2.75) is 6.54 Å². The lowest BCUT2D eigenvalue weighted by Gasteiger charge is -2.15. The zero-order chi connectivity index (χ0) is 17.7. The Morgan fingerprint density at radius 1 is 1.25 bits per heavy atom. The Hall–Kier alpha value is -2.21. The minimum absolute atomic E-state index is 0.0465. The van der Waals surface area contributed by atoms with Crippen molar-refractivity contribution < 1.29 is 18.3 Å². The predicted molar refractivity (Wildman–Crippen MR) is 92.6 cm³/mol. The number of carbonyl (C=O) groups is 1. The fraction of sp³-hybridized carbons (Fsp3) is 0.167. The zero-order valence-electron chi connectivity index (χ0n) is 13.2. The van der Waals surface area contributed by atoms with Crippen LogP contribution in [-0.2, 0) is 11.3 Å². The van der Waals surface area contributed by atoms with E-state index in [0.29, 0.717) is 5.75 Å². The Morgan fingerprint density at radius 2 is 2.00 bits per heavy atom. The largest absolute Gasteiger partial charge is 0.496 e. The van der Waals surface area contributed by atoms with E-state index in [9.17, 15) is 13.6 Å². The summed E-state index contributed by atoms with van der Waals surface area (Å²) in [7, 11) is 3.10. The van der Waals surface area contributed by atoms with Gasteiger partial charge in [-0.15, -0.1) is 0 Å². The summed E-state index contributed by atoms with van der Waals surface area (Å²) in [4.78, 5) is 13.5. The third-order valence-electron chi connectivity index (χ3n) is 3.40. The van der Waals surface area contributed by atoms with Crippen molar-refractivity contribution >= 4 is 27.9 Å². The van der Waals surface area contributed by atoms with Gasteiger partial charge in [0.05, 0.1) is 7.11 Å². The summed E-state index contributed by atoms with van der Waals surface area (Å²) in [6, 6.07) is 8.74. The van der Waals surface area contributed by atoms with Gasteiger partial charge in [-0.1, -0.05) is 22.0 Å². The molecule has 0 saturated heterocycles. The average molecular weight is 396 g/mol. The standard InChI is InChI=1S/C18H16BrF2NO2/c1-22(11-13-3-6-15(20)10-16(13)21)18(23)8-4-12-9-14(19)5-7-17(12)24-2/h3-10H,11H2,1-2H3/b8-4+. The van der Waals surface area contributed by atoms with Crippen LogP contribution in [0.2, 0.25) is 0 Å². The molecule has 0 N–H and O–H groups in total. The van der Waals surface area contributed by atoms with Crippen molar-refractivity contribution in [3.8, 4) is 5.75 Å². The van der Waals surface area contributed by atoms with Crippen molar-refractivity contribution in [1.29, 1.82) is 0 Å². The molecule has 0 aliphatic heterocycles. The Morgan fingerprint density at radius 3 is 2.67 bits per heavy atom. The number of hydrogen-bond donors (Lipinski definition) is 0. The van der Waals surface area contributed by atoms with Gasteiger partial charge in [0, 0.05) is 41.3 Å². The fourth-order valence-corrected chi connectivity index (χ4v) is 2.49. The van der Waals surface area contributed by atoms with Gasteiger partial charge in [0.1, 0.15) is 17.4 Å². The number of ether oxygens (including phenoxy) is 1. The number of amides is 1. The predicted octanol–water partition coefficient (Wildman–Crippen LogP) is 4.41. The molecule has 2 aromatic carbocycles. The van der Waals surface area contributed by atoms with E-state index >= 15 is 0 Å². The van der Waals surface area contributed by atoms with Gasteiger partial charge in [0.25, 0.3) is 0 Å². The first-order valence-corrected chi connectivity index (χ1v) is 7.90. The Bertz CT molecular complexity index is 778. The minimum atomic E-state index is -0.674. The molecule has 2 rings (SSSR count). The van der Waals surface area contributed by atoms with Gasteiger partial charge in [-0.05, 0) is 30.3 Å². The van der Waals surface area contributed by atoms with Crippen LogP contribution in [-0.4, -0.2) is 25.0 Å². The van der Waals surface area contributed by atoms with Crippen LogP contribution in [0, 0.1) is 11.6 Å². The van der Waals surface area contributed by atoms with Crippen LogP contribution < -0.4 is 4.74 Å². The third kappa shape index (κ3) is 4.64. The summed E-state index contributed by atoms with van der Waals surface area (Å²) in [5, 5.41) is 0. The topological polar surface area (TPSA) is 29.5 Å². The van der Waals surface area contributed by atoms with E-state index in [1.807, 2.05) is 12.1 Å². The van der Waals surface area contributed by atoms with Gasteiger partial charge in [-0.25, -0.2) is 8.78 Å². The molecule has 24 heavy (non-hydrogen) atoms. The molecule has 0 spiro atoms. The summed E-state index contributed by atoms with van der Waals surface area (Å²) in [6.07, 6.45) is 3.01. The number of benzene rings is 2. The van der Waals surface area contributed by atoms with Crippen molar-refractivity contribution in [3.05, 3.63) is 69.7 Å². The molecule has 0 atom stereocenters. The lowest BCUT2D eigenvalue weighted by molar-refractivity contribution is -0.125. The molecule has 0 aliphatic carbocycles. The second-order valence-electron chi connectivity index (χ2n) is 5.15. The van der Waals surface area contributed by atoms with Gasteiger partial charge in [0.2, 0.25) is 5.91 Å². The summed E-state index contributed by atoms with van der Waals surface area (Å²) in [5.74, 6) is -0.991. The van der Waals surface area contributed by atoms with Gasteiger partial charge in [-0.2, -0.15) is 0 Å².